The highest BCUT2D eigenvalue weighted by atomic mass is 32.2. The van der Waals surface area contributed by atoms with Gasteiger partial charge in [-0.15, -0.1) is 0 Å². The molecular weight excluding hydrogens is 469 g/mol. The second-order valence-electron chi connectivity index (χ2n) is 5.48. The molecule has 0 saturated carbocycles. The van der Waals surface area contributed by atoms with Crippen molar-refractivity contribution in [1.29, 1.82) is 0 Å². The highest BCUT2D eigenvalue weighted by molar-refractivity contribution is 8.23. The van der Waals surface area contributed by atoms with Crippen molar-refractivity contribution in [3.05, 3.63) is 0 Å². The van der Waals surface area contributed by atoms with Gasteiger partial charge in [-0.25, -0.2) is 4.99 Å². The summed E-state index contributed by atoms with van der Waals surface area (Å²) >= 11 is 37.0. The first-order valence-corrected chi connectivity index (χ1v) is 11.4. The molecule has 0 aromatic heterocycles. The number of nitrogens with one attached hydrogen (secondary N) is 4. The van der Waals surface area contributed by atoms with Crippen LogP contribution in [-0.2, 0) is 0 Å². The van der Waals surface area contributed by atoms with E-state index in [0.717, 1.165) is 62.0 Å². The van der Waals surface area contributed by atoms with Crippen molar-refractivity contribution >= 4 is 117 Å². The Morgan fingerprint density at radius 3 is 1.36 bits per heavy atom. The number of thiol groups is 5. The first-order valence-electron chi connectivity index (χ1n) is 7.91. The molecule has 0 rings (SSSR count). The van der Waals surface area contributed by atoms with Crippen LogP contribution in [0.5, 0.6) is 0 Å². The molecule has 0 fully saturated rings. The monoisotopic (exact) mass is 496 g/mol. The summed E-state index contributed by atoms with van der Waals surface area (Å²) in [6.07, 6.45) is 1.06. The Bertz CT molecular complexity index is 481. The zero-order valence-electron chi connectivity index (χ0n) is 14.1. The summed E-state index contributed by atoms with van der Waals surface area (Å²) < 4.78 is 2.59. The highest BCUT2D eigenvalue weighted by Crippen LogP contribution is 1.76. The summed E-state index contributed by atoms with van der Waals surface area (Å²) in [5, 5.41) is 0. The molecule has 0 bridgehead atoms. The molecule has 0 amide bonds. The molecule has 3 atom stereocenters. The van der Waals surface area contributed by atoms with Crippen LogP contribution in [-0.4, -0.2) is 63.2 Å². The summed E-state index contributed by atoms with van der Waals surface area (Å²) in [6.45, 7) is 8.03. The van der Waals surface area contributed by atoms with E-state index in [0.29, 0.717) is 17.3 Å². The van der Waals surface area contributed by atoms with Gasteiger partial charge >= 0.3 is 0 Å². The zero-order chi connectivity index (χ0) is 19.4. The second-order valence-corrected chi connectivity index (χ2v) is 10.2. The van der Waals surface area contributed by atoms with Crippen LogP contribution in [0, 0.1) is 0 Å². The predicted octanol–water partition coefficient (Wildman–Crippen LogP) is -3.01. The smallest absolute Gasteiger partial charge is 0.262 e. The lowest BCUT2D eigenvalue weighted by Crippen LogP contribution is -3.25. The standard InChI is InChI=1S/C13H24N4S8/c1-2-4-15(11(20)21)6-8-17(13(24)25)9-7-16(12(22)23)5-3-14-10(18)19/h2-9H2,1H3,(H,20,21)(H,22,23)(H,24,25)(H2,14,18,19)/p+4. The summed E-state index contributed by atoms with van der Waals surface area (Å²) in [7, 11) is 0. The van der Waals surface area contributed by atoms with Gasteiger partial charge in [0, 0.05) is 0 Å². The van der Waals surface area contributed by atoms with Crippen LogP contribution in [0.2, 0.25) is 0 Å². The first kappa shape index (κ1) is 26.6. The third-order valence-corrected chi connectivity index (χ3v) is 5.76. The Kier molecular flexibility index (Phi) is 16.5. The van der Waals surface area contributed by atoms with Crippen LogP contribution in [0.1, 0.15) is 13.3 Å². The number of quaternary nitrogens is 3. The fourth-order valence-corrected chi connectivity index (χ4v) is 3.75. The number of thiocarbonyl (C=S) groups is 3. The average molecular weight is 497 g/mol. The highest BCUT2D eigenvalue weighted by Gasteiger charge is 2.22. The van der Waals surface area contributed by atoms with E-state index in [1.165, 1.54) is 4.90 Å². The first-order chi connectivity index (χ1) is 11.7. The molecule has 0 heterocycles. The van der Waals surface area contributed by atoms with Gasteiger partial charge in [-0.05, 0) is 43.1 Å². The van der Waals surface area contributed by atoms with Crippen LogP contribution < -0.4 is 19.7 Å². The summed E-state index contributed by atoms with van der Waals surface area (Å²) in [5.41, 5.74) is 0. The SMILES string of the molecule is CCC[NH+](CC[NH+](CC[NH+](CC[NH+]=C(S)S)C(=S)S)C(=S)S)C(=S)S. The largest absolute Gasteiger partial charge is 0.283 e. The molecular formula is C13H28N4S8+4. The molecule has 4 N–H and O–H groups in total. The maximum absolute atomic E-state index is 5.31. The molecule has 0 aliphatic rings. The van der Waals surface area contributed by atoms with Gasteiger partial charge in [-0.2, -0.15) is 0 Å². The fraction of sp³-hybridized carbons (Fsp3) is 0.692. The predicted molar refractivity (Wildman–Crippen MR) is 136 cm³/mol. The summed E-state index contributed by atoms with van der Waals surface area (Å²) in [6, 6.07) is 0. The zero-order valence-corrected chi connectivity index (χ0v) is 21.0. The van der Waals surface area contributed by atoms with Crippen LogP contribution >= 0.6 is 99.8 Å². The Balaban J connectivity index is 4.62. The number of rotatable bonds is 11. The van der Waals surface area contributed by atoms with E-state index in [-0.39, 0.29) is 0 Å². The topological polar surface area (TPSA) is 27.3 Å². The Labute approximate surface area is 194 Å². The van der Waals surface area contributed by atoms with Gasteiger partial charge in [-0.1, -0.05) is 70.1 Å². The molecule has 0 aliphatic carbocycles. The van der Waals surface area contributed by atoms with E-state index >= 15 is 0 Å². The van der Waals surface area contributed by atoms with Gasteiger partial charge in [0.15, 0.2) is 6.54 Å². The maximum atomic E-state index is 5.31. The molecule has 25 heavy (non-hydrogen) atoms. The van der Waals surface area contributed by atoms with Crippen molar-refractivity contribution in [1.82, 2.24) is 0 Å². The lowest BCUT2D eigenvalue weighted by Gasteiger charge is -2.22. The Morgan fingerprint density at radius 1 is 0.680 bits per heavy atom. The van der Waals surface area contributed by atoms with Gasteiger partial charge < -0.3 is 0 Å². The quantitative estimate of drug-likeness (QED) is 0.0661. The molecule has 0 aromatic rings. The minimum Gasteiger partial charge on any atom is -0.283 e. The molecule has 0 saturated heterocycles. The van der Waals surface area contributed by atoms with Crippen molar-refractivity contribution in [3.63, 3.8) is 0 Å². The minimum atomic E-state index is 0.593. The van der Waals surface area contributed by atoms with Crippen molar-refractivity contribution in [2.45, 2.75) is 13.3 Å². The van der Waals surface area contributed by atoms with Crippen molar-refractivity contribution in [2.24, 2.45) is 0 Å². The molecule has 4 nitrogen and oxygen atoms in total. The van der Waals surface area contributed by atoms with Crippen molar-refractivity contribution < 1.29 is 19.7 Å². The van der Waals surface area contributed by atoms with Gasteiger partial charge in [0.25, 0.3) is 4.38 Å². The third kappa shape index (κ3) is 13.4. The van der Waals surface area contributed by atoms with Crippen LogP contribution in [0.25, 0.3) is 0 Å². The number of hydrogen-bond donors (Lipinski definition) is 9. The van der Waals surface area contributed by atoms with Gasteiger partial charge in [-0.3, -0.25) is 14.7 Å². The second kappa shape index (κ2) is 15.5. The van der Waals surface area contributed by atoms with Gasteiger partial charge in [0.2, 0.25) is 13.0 Å². The van der Waals surface area contributed by atoms with Crippen molar-refractivity contribution in [2.75, 3.05) is 45.8 Å². The average Bonchev–Trinajstić information content (AvgIpc) is 2.50. The van der Waals surface area contributed by atoms with E-state index in [1.54, 1.807) is 0 Å². The molecule has 0 aliphatic heterocycles. The molecule has 3 unspecified atom stereocenters. The van der Waals surface area contributed by atoms with Crippen LogP contribution in [0.4, 0.5) is 0 Å². The third-order valence-electron chi connectivity index (χ3n) is 3.63. The van der Waals surface area contributed by atoms with E-state index in [1.807, 2.05) is 0 Å². The van der Waals surface area contributed by atoms with Crippen LogP contribution in [0.3, 0.4) is 0 Å². The lowest BCUT2D eigenvalue weighted by molar-refractivity contribution is -0.888. The normalized spacial score (nSPS) is 14.5. The van der Waals surface area contributed by atoms with E-state index < -0.39 is 0 Å². The fourth-order valence-electron chi connectivity index (χ4n) is 2.25. The van der Waals surface area contributed by atoms with Crippen molar-refractivity contribution in [3.8, 4) is 0 Å². The minimum absolute atomic E-state index is 0.593. The Hall–Kier alpha value is 1.57. The number of hydrogen-bond acceptors (Lipinski definition) is 3. The molecule has 12 heteroatoms. The summed E-state index contributed by atoms with van der Waals surface area (Å²) in [5.74, 6) is 0. The van der Waals surface area contributed by atoms with E-state index in [2.05, 4.69) is 75.1 Å². The molecule has 0 radical (unpaired) electrons. The maximum Gasteiger partial charge on any atom is 0.262 e. The molecule has 144 valence electrons. The van der Waals surface area contributed by atoms with Gasteiger partial charge in [0.05, 0.1) is 6.54 Å². The van der Waals surface area contributed by atoms with Gasteiger partial charge in [0.1, 0.15) is 32.7 Å². The lowest BCUT2D eigenvalue weighted by atomic mass is 10.4. The Morgan fingerprint density at radius 2 is 1.04 bits per heavy atom. The van der Waals surface area contributed by atoms with E-state index in [4.69, 9.17) is 36.7 Å². The van der Waals surface area contributed by atoms with Crippen LogP contribution in [0.15, 0.2) is 0 Å². The molecule has 0 aromatic carbocycles. The summed E-state index contributed by atoms with van der Waals surface area (Å²) in [4.78, 5) is 6.56. The molecule has 0 spiro atoms. The van der Waals surface area contributed by atoms with E-state index in [9.17, 15) is 0 Å².